The average Bonchev–Trinajstić information content (AvgIpc) is 3.21. The number of nitrogens with zero attached hydrogens (tertiary/aromatic N) is 2. The molecule has 1 unspecified atom stereocenters. The number of guanidine groups is 1. The van der Waals surface area contributed by atoms with Gasteiger partial charge in [0.2, 0.25) is 0 Å². The first-order valence-corrected chi connectivity index (χ1v) is 11.5. The van der Waals surface area contributed by atoms with Gasteiger partial charge in [0.15, 0.2) is 5.96 Å². The third-order valence-electron chi connectivity index (χ3n) is 5.66. The summed E-state index contributed by atoms with van der Waals surface area (Å²) < 4.78 is 11.3. The van der Waals surface area contributed by atoms with Crippen LogP contribution in [0.4, 0.5) is 5.69 Å². The predicted octanol–water partition coefficient (Wildman–Crippen LogP) is 2.74. The number of para-hydroxylation sites is 2. The molecule has 0 amide bonds. The van der Waals surface area contributed by atoms with E-state index < -0.39 is 0 Å². The maximum absolute atomic E-state index is 5.55. The molecule has 7 heteroatoms. The van der Waals surface area contributed by atoms with Gasteiger partial charge >= 0.3 is 0 Å². The first kappa shape index (κ1) is 21.1. The van der Waals surface area contributed by atoms with Crippen molar-refractivity contribution in [3.8, 4) is 5.75 Å². The van der Waals surface area contributed by atoms with Gasteiger partial charge in [-0.15, -0.1) is 0 Å². The van der Waals surface area contributed by atoms with Gasteiger partial charge in [-0.25, -0.2) is 0 Å². The second-order valence-electron chi connectivity index (χ2n) is 7.44. The summed E-state index contributed by atoms with van der Waals surface area (Å²) in [5, 5.41) is 7.07. The van der Waals surface area contributed by atoms with Gasteiger partial charge in [0.1, 0.15) is 5.75 Å². The Morgan fingerprint density at radius 3 is 2.86 bits per heavy atom. The van der Waals surface area contributed by atoms with Crippen molar-refractivity contribution in [3.05, 3.63) is 24.3 Å². The molecule has 156 valence electrons. The van der Waals surface area contributed by atoms with E-state index >= 15 is 0 Å². The molecule has 0 spiro atoms. The minimum atomic E-state index is 0.208. The zero-order chi connectivity index (χ0) is 19.8. The molecule has 6 nitrogen and oxygen atoms in total. The topological polar surface area (TPSA) is 58.1 Å². The van der Waals surface area contributed by atoms with Gasteiger partial charge in [-0.2, -0.15) is 11.8 Å². The Kier molecular flexibility index (Phi) is 7.73. The van der Waals surface area contributed by atoms with E-state index in [0.29, 0.717) is 6.04 Å². The van der Waals surface area contributed by atoms with E-state index in [2.05, 4.69) is 40.8 Å². The fraction of sp³-hybridized carbons (Fsp3) is 0.667. The molecular formula is C21H34N4O2S. The summed E-state index contributed by atoms with van der Waals surface area (Å²) in [5.41, 5.74) is 1.17. The van der Waals surface area contributed by atoms with Gasteiger partial charge in [-0.05, 0) is 44.6 Å². The van der Waals surface area contributed by atoms with Gasteiger partial charge in [0, 0.05) is 43.6 Å². The second-order valence-corrected chi connectivity index (χ2v) is 8.72. The summed E-state index contributed by atoms with van der Waals surface area (Å²) in [5.74, 6) is 1.86. The molecule has 2 saturated heterocycles. The van der Waals surface area contributed by atoms with Gasteiger partial charge < -0.3 is 25.0 Å². The van der Waals surface area contributed by atoms with Crippen molar-refractivity contribution in [1.82, 2.24) is 10.6 Å². The third-order valence-corrected chi connectivity index (χ3v) is 7.06. The minimum absolute atomic E-state index is 0.208. The lowest BCUT2D eigenvalue weighted by molar-refractivity contribution is 0.0794. The van der Waals surface area contributed by atoms with Gasteiger partial charge in [0.05, 0.1) is 19.3 Å². The Hall–Kier alpha value is -1.60. The number of thioether (sulfide) groups is 1. The lowest BCUT2D eigenvalue weighted by atomic mass is 9.99. The van der Waals surface area contributed by atoms with Crippen LogP contribution in [0.2, 0.25) is 0 Å². The molecule has 2 aliphatic rings. The molecule has 1 aromatic carbocycles. The number of rotatable bonds is 7. The zero-order valence-electron chi connectivity index (χ0n) is 17.4. The van der Waals surface area contributed by atoms with Crippen LogP contribution in [0.3, 0.4) is 0 Å². The Labute approximate surface area is 173 Å². The lowest BCUT2D eigenvalue weighted by Crippen LogP contribution is -2.46. The van der Waals surface area contributed by atoms with Crippen LogP contribution in [0, 0.1) is 0 Å². The average molecular weight is 407 g/mol. The highest BCUT2D eigenvalue weighted by molar-refractivity contribution is 8.00. The van der Waals surface area contributed by atoms with Crippen LogP contribution in [0.15, 0.2) is 29.3 Å². The Bertz CT molecular complexity index is 649. The number of aliphatic imine (C=N–C) groups is 1. The van der Waals surface area contributed by atoms with E-state index in [1.54, 1.807) is 7.11 Å². The molecule has 2 heterocycles. The highest BCUT2D eigenvalue weighted by Crippen LogP contribution is 2.34. The molecule has 28 heavy (non-hydrogen) atoms. The molecule has 2 aliphatic heterocycles. The molecular weight excluding hydrogens is 372 g/mol. The van der Waals surface area contributed by atoms with Crippen molar-refractivity contribution in [1.29, 1.82) is 0 Å². The first-order chi connectivity index (χ1) is 13.7. The van der Waals surface area contributed by atoms with E-state index in [4.69, 9.17) is 14.5 Å². The van der Waals surface area contributed by atoms with E-state index in [1.165, 1.54) is 5.69 Å². The largest absolute Gasteiger partial charge is 0.495 e. The van der Waals surface area contributed by atoms with E-state index in [0.717, 1.165) is 70.4 Å². The molecule has 0 aliphatic carbocycles. The maximum Gasteiger partial charge on any atom is 0.191 e. The van der Waals surface area contributed by atoms with Crippen LogP contribution >= 0.6 is 11.8 Å². The van der Waals surface area contributed by atoms with Crippen molar-refractivity contribution in [2.45, 2.75) is 37.0 Å². The van der Waals surface area contributed by atoms with E-state index in [-0.39, 0.29) is 4.75 Å². The fourth-order valence-electron chi connectivity index (χ4n) is 3.89. The van der Waals surface area contributed by atoms with Crippen LogP contribution < -0.4 is 20.3 Å². The van der Waals surface area contributed by atoms with Crippen LogP contribution in [-0.4, -0.2) is 69.5 Å². The summed E-state index contributed by atoms with van der Waals surface area (Å²) in [7, 11) is 1.73. The molecule has 0 bridgehead atoms. The Morgan fingerprint density at radius 1 is 1.36 bits per heavy atom. The summed E-state index contributed by atoms with van der Waals surface area (Å²) >= 11 is 1.93. The zero-order valence-corrected chi connectivity index (χ0v) is 18.2. The Balaban J connectivity index is 1.61. The number of hydrogen-bond donors (Lipinski definition) is 2. The summed E-state index contributed by atoms with van der Waals surface area (Å²) in [4.78, 5) is 7.34. The molecule has 2 fully saturated rings. The molecule has 0 aromatic heterocycles. The number of anilines is 1. The fourth-order valence-corrected chi connectivity index (χ4v) is 4.66. The van der Waals surface area contributed by atoms with Crippen molar-refractivity contribution >= 4 is 23.4 Å². The van der Waals surface area contributed by atoms with E-state index in [9.17, 15) is 0 Å². The van der Waals surface area contributed by atoms with Crippen LogP contribution in [-0.2, 0) is 4.74 Å². The van der Waals surface area contributed by atoms with Crippen LogP contribution in [0.25, 0.3) is 0 Å². The second kappa shape index (κ2) is 10.3. The maximum atomic E-state index is 5.55. The Morgan fingerprint density at radius 2 is 2.14 bits per heavy atom. The highest BCUT2D eigenvalue weighted by atomic mass is 32.2. The number of benzene rings is 1. The highest BCUT2D eigenvalue weighted by Gasteiger charge is 2.32. The van der Waals surface area contributed by atoms with Crippen LogP contribution in [0.1, 0.15) is 26.2 Å². The number of nitrogens with one attached hydrogen (secondary N) is 2. The molecule has 0 radical (unpaired) electrons. The molecule has 1 atom stereocenters. The summed E-state index contributed by atoms with van der Waals surface area (Å²) in [6.45, 7) is 7.47. The van der Waals surface area contributed by atoms with Gasteiger partial charge in [-0.1, -0.05) is 12.1 Å². The normalized spacial score (nSPS) is 22.2. The quantitative estimate of drug-likeness (QED) is 0.536. The summed E-state index contributed by atoms with van der Waals surface area (Å²) in [6.07, 6.45) is 5.43. The molecule has 3 rings (SSSR count). The molecule has 2 N–H and O–H groups in total. The lowest BCUT2D eigenvalue weighted by Gasteiger charge is -2.34. The van der Waals surface area contributed by atoms with Gasteiger partial charge in [-0.3, -0.25) is 4.99 Å². The summed E-state index contributed by atoms with van der Waals surface area (Å²) in [6, 6.07) is 8.62. The first-order valence-electron chi connectivity index (χ1n) is 10.3. The molecule has 0 saturated carbocycles. The molecule has 1 aromatic rings. The number of ether oxygens (including phenoxy) is 2. The van der Waals surface area contributed by atoms with Crippen molar-refractivity contribution < 1.29 is 9.47 Å². The number of methoxy groups -OCH3 is 1. The number of hydrogen-bond acceptors (Lipinski definition) is 5. The van der Waals surface area contributed by atoms with E-state index in [1.807, 2.05) is 23.9 Å². The standard InChI is InChI=1S/C21H34N4O2S/c1-4-22-20(23-16-21(28-3)10-13-27-14-11-21)24-17-9-12-25(15-17)18-7-5-6-8-19(18)26-2/h5-8,17H,4,9-16H2,1-3H3,(H2,22,23,24). The minimum Gasteiger partial charge on any atom is -0.495 e. The van der Waals surface area contributed by atoms with Crippen LogP contribution in [0.5, 0.6) is 5.75 Å². The smallest absolute Gasteiger partial charge is 0.191 e. The predicted molar refractivity (Wildman–Crippen MR) is 119 cm³/mol. The van der Waals surface area contributed by atoms with Crippen molar-refractivity contribution in [3.63, 3.8) is 0 Å². The van der Waals surface area contributed by atoms with Crippen molar-refractivity contribution in [2.75, 3.05) is 57.7 Å². The third kappa shape index (κ3) is 5.26. The SMILES string of the molecule is CCNC(=NCC1(SC)CCOCC1)NC1CCN(c2ccccc2OC)C1. The van der Waals surface area contributed by atoms with Gasteiger partial charge in [0.25, 0.3) is 0 Å². The monoisotopic (exact) mass is 406 g/mol. The van der Waals surface area contributed by atoms with Crippen molar-refractivity contribution in [2.24, 2.45) is 4.99 Å².